The van der Waals surface area contributed by atoms with Gasteiger partial charge in [-0.15, -0.1) is 0 Å². The predicted octanol–water partition coefficient (Wildman–Crippen LogP) is 3.08. The van der Waals surface area contributed by atoms with Gasteiger partial charge in [0.05, 0.1) is 24.2 Å². The van der Waals surface area contributed by atoms with E-state index in [0.29, 0.717) is 12.2 Å². The van der Waals surface area contributed by atoms with Gasteiger partial charge in [-0.1, -0.05) is 19.1 Å². The number of hydrogen-bond acceptors (Lipinski definition) is 5. The summed E-state index contributed by atoms with van der Waals surface area (Å²) >= 11 is 0. The van der Waals surface area contributed by atoms with Gasteiger partial charge in [0.25, 0.3) is 5.69 Å². The van der Waals surface area contributed by atoms with Crippen molar-refractivity contribution in [3.05, 3.63) is 69.8 Å². The third-order valence-electron chi connectivity index (χ3n) is 3.27. The van der Waals surface area contributed by atoms with Crippen molar-refractivity contribution in [2.45, 2.75) is 19.8 Å². The lowest BCUT2D eigenvalue weighted by Crippen LogP contribution is -2.19. The molecule has 1 N–H and O–H groups in total. The maximum absolute atomic E-state index is 11.8. The molecule has 7 heteroatoms. The number of nitrogens with one attached hydrogen (secondary N) is 1. The molecule has 1 amide bonds. The fourth-order valence-corrected chi connectivity index (χ4v) is 2.01. The average Bonchev–Trinajstić information content (AvgIpc) is 2.61. The topological polar surface area (TPSA) is 93.8 Å². The molecule has 0 aliphatic rings. The van der Waals surface area contributed by atoms with Gasteiger partial charge >= 0.3 is 0 Å². The summed E-state index contributed by atoms with van der Waals surface area (Å²) < 4.78 is 5.49. The molecule has 0 unspecified atom stereocenters. The number of amides is 1. The largest absolute Gasteiger partial charge is 0.494 e. The Bertz CT molecular complexity index is 740. The summed E-state index contributed by atoms with van der Waals surface area (Å²) in [5.41, 5.74) is 3.93. The Balaban J connectivity index is 1.82. The predicted molar refractivity (Wildman–Crippen MR) is 94.8 cm³/mol. The number of carbonyl (C=O) groups is 1. The number of nitrogens with zero attached hydrogens (tertiary/aromatic N) is 2. The van der Waals surface area contributed by atoms with Crippen LogP contribution in [0, 0.1) is 10.1 Å². The molecule has 0 heterocycles. The summed E-state index contributed by atoms with van der Waals surface area (Å²) in [5.74, 6) is 0.495. The van der Waals surface area contributed by atoms with Crippen molar-refractivity contribution in [1.82, 2.24) is 5.43 Å². The first-order chi connectivity index (χ1) is 12.1. The molecule has 130 valence electrons. The summed E-state index contributed by atoms with van der Waals surface area (Å²) in [6.07, 6.45) is 2.58. The smallest absolute Gasteiger partial charge is 0.269 e. The Labute approximate surface area is 145 Å². The summed E-state index contributed by atoms with van der Waals surface area (Å²) in [5, 5.41) is 14.5. The highest BCUT2D eigenvalue weighted by molar-refractivity contribution is 5.83. The number of carbonyl (C=O) groups excluding carboxylic acids is 1. The summed E-state index contributed by atoms with van der Waals surface area (Å²) in [6, 6.07) is 13.2. The van der Waals surface area contributed by atoms with Crippen LogP contribution in [0.15, 0.2) is 53.6 Å². The monoisotopic (exact) mass is 341 g/mol. The molecular weight excluding hydrogens is 322 g/mol. The quantitative estimate of drug-likeness (QED) is 0.453. The zero-order valence-corrected chi connectivity index (χ0v) is 13.8. The first-order valence-electron chi connectivity index (χ1n) is 7.86. The van der Waals surface area contributed by atoms with Crippen LogP contribution in [0.1, 0.15) is 24.5 Å². The molecule has 0 aromatic heterocycles. The van der Waals surface area contributed by atoms with Crippen LogP contribution in [-0.4, -0.2) is 23.7 Å². The van der Waals surface area contributed by atoms with Gasteiger partial charge in [0, 0.05) is 12.1 Å². The number of non-ortho nitro benzene ring substituents is 1. The molecular formula is C18H19N3O4. The molecule has 25 heavy (non-hydrogen) atoms. The molecule has 2 aromatic carbocycles. The van der Waals surface area contributed by atoms with Crippen LogP contribution >= 0.6 is 0 Å². The Morgan fingerprint density at radius 1 is 1.20 bits per heavy atom. The van der Waals surface area contributed by atoms with Gasteiger partial charge < -0.3 is 4.74 Å². The number of hydrogen-bond donors (Lipinski definition) is 1. The van der Waals surface area contributed by atoms with Gasteiger partial charge in [-0.05, 0) is 41.8 Å². The first-order valence-corrected chi connectivity index (χ1v) is 7.86. The average molecular weight is 341 g/mol. The van der Waals surface area contributed by atoms with E-state index < -0.39 is 4.92 Å². The van der Waals surface area contributed by atoms with E-state index in [1.807, 2.05) is 31.2 Å². The van der Waals surface area contributed by atoms with E-state index in [1.165, 1.54) is 18.3 Å². The van der Waals surface area contributed by atoms with Gasteiger partial charge in [-0.25, -0.2) is 5.43 Å². The molecule has 0 fully saturated rings. The van der Waals surface area contributed by atoms with Crippen molar-refractivity contribution < 1.29 is 14.5 Å². The second-order valence-electron chi connectivity index (χ2n) is 5.31. The van der Waals surface area contributed by atoms with E-state index in [2.05, 4.69) is 10.5 Å². The Hall–Kier alpha value is -3.22. The van der Waals surface area contributed by atoms with Crippen molar-refractivity contribution in [2.24, 2.45) is 5.10 Å². The van der Waals surface area contributed by atoms with E-state index in [1.54, 1.807) is 12.1 Å². The Morgan fingerprint density at radius 3 is 2.48 bits per heavy atom. The number of ether oxygens (including phenoxy) is 1. The van der Waals surface area contributed by atoms with E-state index in [-0.39, 0.29) is 18.0 Å². The van der Waals surface area contributed by atoms with Crippen LogP contribution < -0.4 is 10.2 Å². The minimum absolute atomic E-state index is 0.00598. The molecule has 0 atom stereocenters. The summed E-state index contributed by atoms with van der Waals surface area (Å²) in [6.45, 7) is 2.71. The molecule has 2 aromatic rings. The molecule has 0 saturated heterocycles. The minimum Gasteiger partial charge on any atom is -0.494 e. The Kier molecular flexibility index (Phi) is 6.65. The van der Waals surface area contributed by atoms with Crippen molar-refractivity contribution in [3.8, 4) is 5.75 Å². The van der Waals surface area contributed by atoms with Crippen LogP contribution in [0.2, 0.25) is 0 Å². The maximum atomic E-state index is 11.8. The number of hydrazone groups is 1. The van der Waals surface area contributed by atoms with E-state index in [9.17, 15) is 14.9 Å². The van der Waals surface area contributed by atoms with E-state index in [0.717, 1.165) is 17.7 Å². The van der Waals surface area contributed by atoms with Crippen LogP contribution in [-0.2, 0) is 11.2 Å². The molecule has 0 aliphatic carbocycles. The fraction of sp³-hybridized carbons (Fsp3) is 0.222. The molecule has 0 bridgehead atoms. The standard InChI is InChI=1S/C18H19N3O4/c1-2-11-25-17-9-5-15(6-10-17)13-19-20-18(22)12-14-3-7-16(8-4-14)21(23)24/h3-10,13H,2,11-12H2,1H3,(H,20,22)/b19-13+. The van der Waals surface area contributed by atoms with Crippen LogP contribution in [0.4, 0.5) is 5.69 Å². The normalized spacial score (nSPS) is 10.6. The van der Waals surface area contributed by atoms with E-state index >= 15 is 0 Å². The van der Waals surface area contributed by atoms with Crippen molar-refractivity contribution in [1.29, 1.82) is 0 Å². The molecule has 0 saturated carbocycles. The third kappa shape index (κ3) is 6.06. The molecule has 0 aliphatic heterocycles. The molecule has 7 nitrogen and oxygen atoms in total. The SMILES string of the molecule is CCCOc1ccc(/C=N/NC(=O)Cc2ccc([N+](=O)[O-])cc2)cc1. The van der Waals surface area contributed by atoms with Gasteiger partial charge in [-0.3, -0.25) is 14.9 Å². The van der Waals surface area contributed by atoms with Gasteiger partial charge in [0.2, 0.25) is 5.91 Å². The molecule has 0 spiro atoms. The summed E-state index contributed by atoms with van der Waals surface area (Å²) in [4.78, 5) is 21.9. The van der Waals surface area contributed by atoms with Crippen molar-refractivity contribution in [3.63, 3.8) is 0 Å². The summed E-state index contributed by atoms with van der Waals surface area (Å²) in [7, 11) is 0. The number of nitro benzene ring substituents is 1. The first kappa shape index (κ1) is 18.1. The fourth-order valence-electron chi connectivity index (χ4n) is 2.01. The molecule has 2 rings (SSSR count). The highest BCUT2D eigenvalue weighted by Crippen LogP contribution is 2.12. The lowest BCUT2D eigenvalue weighted by atomic mass is 10.1. The number of benzene rings is 2. The highest BCUT2D eigenvalue weighted by atomic mass is 16.6. The third-order valence-corrected chi connectivity index (χ3v) is 3.27. The van der Waals surface area contributed by atoms with Crippen molar-refractivity contribution in [2.75, 3.05) is 6.61 Å². The number of rotatable bonds is 8. The van der Waals surface area contributed by atoms with E-state index in [4.69, 9.17) is 4.74 Å². The van der Waals surface area contributed by atoms with Crippen LogP contribution in [0.25, 0.3) is 0 Å². The molecule has 0 radical (unpaired) electrons. The second kappa shape index (κ2) is 9.17. The zero-order valence-electron chi connectivity index (χ0n) is 13.8. The minimum atomic E-state index is -0.479. The second-order valence-corrected chi connectivity index (χ2v) is 5.31. The van der Waals surface area contributed by atoms with Gasteiger partial charge in [0.1, 0.15) is 5.75 Å². The van der Waals surface area contributed by atoms with Gasteiger partial charge in [0.15, 0.2) is 0 Å². The lowest BCUT2D eigenvalue weighted by molar-refractivity contribution is -0.384. The lowest BCUT2D eigenvalue weighted by Gasteiger charge is -2.04. The van der Waals surface area contributed by atoms with Crippen LogP contribution in [0.5, 0.6) is 5.75 Å². The zero-order chi connectivity index (χ0) is 18.1. The number of nitro groups is 1. The van der Waals surface area contributed by atoms with Crippen molar-refractivity contribution >= 4 is 17.8 Å². The Morgan fingerprint density at radius 2 is 1.88 bits per heavy atom. The highest BCUT2D eigenvalue weighted by Gasteiger charge is 2.06. The maximum Gasteiger partial charge on any atom is 0.269 e. The van der Waals surface area contributed by atoms with Gasteiger partial charge in [-0.2, -0.15) is 5.10 Å². The van der Waals surface area contributed by atoms with Crippen LogP contribution in [0.3, 0.4) is 0 Å².